The van der Waals surface area contributed by atoms with Crippen LogP contribution in [0.5, 0.6) is 0 Å². The second kappa shape index (κ2) is 11.1. The van der Waals surface area contributed by atoms with Crippen LogP contribution in [-0.4, -0.2) is 19.5 Å². The van der Waals surface area contributed by atoms with Crippen LogP contribution in [0, 0.1) is 23.2 Å². The molecule has 2 unspecified atom stereocenters. The highest BCUT2D eigenvalue weighted by Gasteiger charge is 2.53. The minimum atomic E-state index is -1.55. The normalized spacial score (nSPS) is 29.3. The Bertz CT molecular complexity index is 880. The van der Waals surface area contributed by atoms with Crippen molar-refractivity contribution in [2.45, 2.75) is 116 Å². The molecule has 1 heterocycles. The van der Waals surface area contributed by atoms with Crippen molar-refractivity contribution in [3.63, 3.8) is 0 Å². The quantitative estimate of drug-likeness (QED) is 0.311. The van der Waals surface area contributed by atoms with Gasteiger partial charge >= 0.3 is 0 Å². The maximum Gasteiger partial charge on any atom is 0.192 e. The molecule has 0 aliphatic heterocycles. The van der Waals surface area contributed by atoms with Crippen molar-refractivity contribution in [2.24, 2.45) is 23.2 Å². The number of benzene rings is 1. The maximum atomic E-state index is 10.8. The lowest BCUT2D eigenvalue weighted by Gasteiger charge is -2.49. The molecule has 2 aliphatic carbocycles. The lowest BCUT2D eigenvalue weighted by molar-refractivity contribution is -0.0205. The second-order valence-electron chi connectivity index (χ2n) is 11.7. The van der Waals surface area contributed by atoms with Crippen molar-refractivity contribution < 1.29 is 9.53 Å². The van der Waals surface area contributed by atoms with E-state index in [2.05, 4.69) is 65.0 Å². The van der Waals surface area contributed by atoms with Crippen molar-refractivity contribution in [3.8, 4) is 0 Å². The summed E-state index contributed by atoms with van der Waals surface area (Å²) in [5, 5.41) is 12.1. The zero-order chi connectivity index (χ0) is 24.3. The molecule has 0 bridgehead atoms. The highest BCUT2D eigenvalue weighted by atomic mass is 32.1. The Kier molecular flexibility index (Phi) is 8.65. The molecule has 0 amide bonds. The van der Waals surface area contributed by atoms with Gasteiger partial charge in [0.05, 0.1) is 6.10 Å². The second-order valence-corrected chi connectivity index (χ2v) is 17.5. The van der Waals surface area contributed by atoms with Crippen LogP contribution in [0.1, 0.15) is 97.0 Å². The van der Waals surface area contributed by atoms with Crippen LogP contribution >= 0.6 is 11.3 Å². The van der Waals surface area contributed by atoms with E-state index in [9.17, 15) is 5.11 Å². The predicted octanol–water partition coefficient (Wildman–Crippen LogP) is 9.35. The van der Waals surface area contributed by atoms with Crippen molar-refractivity contribution in [1.82, 2.24) is 0 Å². The number of hydrogen-bond donors (Lipinski definition) is 1. The number of fused-ring (bicyclic) bond motifs is 2. The minimum absolute atomic E-state index is 0.320. The molecule has 1 aromatic carbocycles. The van der Waals surface area contributed by atoms with Crippen LogP contribution in [-0.2, 0) is 4.43 Å². The highest BCUT2D eigenvalue weighted by Crippen LogP contribution is 2.59. The summed E-state index contributed by atoms with van der Waals surface area (Å²) < 4.78 is 8.41. The highest BCUT2D eigenvalue weighted by molar-refractivity contribution is 7.19. The fourth-order valence-corrected chi connectivity index (χ4v) is 11.7. The third-order valence-corrected chi connectivity index (χ3v) is 16.0. The van der Waals surface area contributed by atoms with Gasteiger partial charge in [0.1, 0.15) is 0 Å². The first kappa shape index (κ1) is 26.4. The van der Waals surface area contributed by atoms with E-state index in [-0.39, 0.29) is 6.10 Å². The summed E-state index contributed by atoms with van der Waals surface area (Å²) in [7, 11) is -1.55. The monoisotopic (exact) mass is 500 g/mol. The van der Waals surface area contributed by atoms with E-state index in [1.807, 2.05) is 0 Å². The molecule has 0 spiro atoms. The Balaban J connectivity index is 1.34. The van der Waals surface area contributed by atoms with Crippen LogP contribution in [0.15, 0.2) is 30.3 Å². The summed E-state index contributed by atoms with van der Waals surface area (Å²) in [5.74, 6) is 2.30. The zero-order valence-corrected chi connectivity index (χ0v) is 24.1. The topological polar surface area (TPSA) is 29.5 Å². The standard InChI is InChI=1S/C30H48O2SSi/c1-6-34(7-2,8-3)32-27-16-12-20-30(5)24(18-19-25(27)30)22(4)13-11-15-26(31)29-21-23-14-9-10-17-28(23)33-29/h9-10,14,17,21-22,24-27,31H,6-8,11-13,15-16,18-20H2,1-5H3/t22-,24-,25+,26?,27?,30-/m1/s1. The summed E-state index contributed by atoms with van der Waals surface area (Å²) >= 11 is 1.75. The molecular weight excluding hydrogens is 452 g/mol. The molecule has 190 valence electrons. The summed E-state index contributed by atoms with van der Waals surface area (Å²) in [5.41, 5.74) is 0.446. The zero-order valence-electron chi connectivity index (χ0n) is 22.3. The molecular formula is C30H48O2SSi. The molecule has 2 nitrogen and oxygen atoms in total. The first-order chi connectivity index (χ1) is 16.4. The van der Waals surface area contributed by atoms with E-state index in [0.717, 1.165) is 35.5 Å². The molecule has 4 heteroatoms. The van der Waals surface area contributed by atoms with Crippen LogP contribution in [0.4, 0.5) is 0 Å². The van der Waals surface area contributed by atoms with Crippen LogP contribution in [0.25, 0.3) is 10.1 Å². The van der Waals surface area contributed by atoms with Gasteiger partial charge in [-0.3, -0.25) is 0 Å². The molecule has 4 rings (SSSR count). The van der Waals surface area contributed by atoms with E-state index in [4.69, 9.17) is 4.43 Å². The summed E-state index contributed by atoms with van der Waals surface area (Å²) in [4.78, 5) is 1.13. The molecule has 2 aliphatic rings. The van der Waals surface area contributed by atoms with Crippen molar-refractivity contribution in [3.05, 3.63) is 35.2 Å². The number of hydrogen-bond acceptors (Lipinski definition) is 3. The van der Waals surface area contributed by atoms with E-state index < -0.39 is 8.32 Å². The third-order valence-electron chi connectivity index (χ3n) is 10.1. The molecule has 0 radical (unpaired) electrons. The fourth-order valence-electron chi connectivity index (χ4n) is 7.70. The largest absolute Gasteiger partial charge is 0.414 e. The average molecular weight is 501 g/mol. The molecule has 2 fully saturated rings. The Labute approximate surface area is 213 Å². The van der Waals surface area contributed by atoms with Gasteiger partial charge in [-0.2, -0.15) is 0 Å². The van der Waals surface area contributed by atoms with Gasteiger partial charge < -0.3 is 9.53 Å². The van der Waals surface area contributed by atoms with E-state index in [0.29, 0.717) is 11.5 Å². The SMILES string of the molecule is CC[Si](CC)(CC)OC1CCC[C@]2(C)[C@@H]([C@H](C)CCCC(O)c3cc4ccccc4s3)CC[C@@H]12. The van der Waals surface area contributed by atoms with Gasteiger partial charge in [-0.15, -0.1) is 11.3 Å². The molecule has 0 saturated heterocycles. The van der Waals surface area contributed by atoms with E-state index in [1.54, 1.807) is 11.3 Å². The molecule has 34 heavy (non-hydrogen) atoms. The summed E-state index contributed by atoms with van der Waals surface area (Å²) in [6.07, 6.45) is 10.2. The van der Waals surface area contributed by atoms with Crippen molar-refractivity contribution >= 4 is 29.7 Å². The summed E-state index contributed by atoms with van der Waals surface area (Å²) in [6.45, 7) is 12.2. The molecule has 2 aromatic rings. The molecule has 1 N–H and O–H groups in total. The lowest BCUT2D eigenvalue weighted by Crippen LogP contribution is -2.48. The third kappa shape index (κ3) is 5.21. The van der Waals surface area contributed by atoms with Gasteiger partial charge in [0.25, 0.3) is 0 Å². The van der Waals surface area contributed by atoms with E-state index in [1.165, 1.54) is 66.7 Å². The number of aliphatic hydroxyl groups is 1. The smallest absolute Gasteiger partial charge is 0.192 e. The van der Waals surface area contributed by atoms with Gasteiger partial charge in [-0.05, 0) is 90.9 Å². The van der Waals surface area contributed by atoms with Gasteiger partial charge in [0.2, 0.25) is 0 Å². The van der Waals surface area contributed by atoms with Crippen molar-refractivity contribution in [1.29, 1.82) is 0 Å². The van der Waals surface area contributed by atoms with Crippen LogP contribution < -0.4 is 0 Å². The van der Waals surface area contributed by atoms with Gasteiger partial charge in [-0.25, -0.2) is 0 Å². The maximum absolute atomic E-state index is 10.8. The van der Waals surface area contributed by atoms with Gasteiger partial charge in [-0.1, -0.05) is 72.1 Å². The Morgan fingerprint density at radius 3 is 2.53 bits per heavy atom. The van der Waals surface area contributed by atoms with Crippen LogP contribution in [0.2, 0.25) is 18.1 Å². The lowest BCUT2D eigenvalue weighted by atomic mass is 9.61. The van der Waals surface area contributed by atoms with Crippen molar-refractivity contribution in [2.75, 3.05) is 0 Å². The van der Waals surface area contributed by atoms with E-state index >= 15 is 0 Å². The minimum Gasteiger partial charge on any atom is -0.414 e. The average Bonchev–Trinajstić information content (AvgIpc) is 3.44. The van der Waals surface area contributed by atoms with Crippen LogP contribution in [0.3, 0.4) is 0 Å². The first-order valence-corrected chi connectivity index (χ1v) is 17.5. The number of thiophene rings is 1. The molecule has 2 saturated carbocycles. The fraction of sp³-hybridized carbons (Fsp3) is 0.733. The Hall–Kier alpha value is -0.683. The number of aliphatic hydroxyl groups excluding tert-OH is 1. The molecule has 1 aromatic heterocycles. The van der Waals surface area contributed by atoms with Gasteiger partial charge in [0.15, 0.2) is 8.32 Å². The summed E-state index contributed by atoms with van der Waals surface area (Å²) in [6, 6.07) is 14.5. The van der Waals surface area contributed by atoms with Gasteiger partial charge in [0, 0.05) is 15.7 Å². The Morgan fingerprint density at radius 2 is 1.82 bits per heavy atom. The molecule has 6 atom stereocenters. The predicted molar refractivity (Wildman–Crippen MR) is 150 cm³/mol. The first-order valence-electron chi connectivity index (χ1n) is 14.2. The number of rotatable bonds is 11. The Morgan fingerprint density at radius 1 is 1.09 bits per heavy atom.